The molecule has 0 unspecified atom stereocenters. The molecular weight excluding hydrogens is 306 g/mol. The molecule has 1 aromatic carbocycles. The Balaban J connectivity index is 1.85. The number of sulfonamides is 1. The number of nitrogens with zero attached hydrogens (tertiary/aromatic N) is 1. The molecule has 0 bridgehead atoms. The molecule has 1 saturated heterocycles. The maximum absolute atomic E-state index is 12.6. The first-order valence-electron chi connectivity index (χ1n) is 7.40. The molecule has 6 nitrogen and oxygen atoms in total. The molecule has 3 rings (SSSR count). The van der Waals surface area contributed by atoms with Crippen molar-refractivity contribution in [3.8, 4) is 5.75 Å². The fourth-order valence-corrected chi connectivity index (χ4v) is 4.47. The third-order valence-corrected chi connectivity index (χ3v) is 6.04. The van der Waals surface area contributed by atoms with Gasteiger partial charge >= 0.3 is 5.97 Å². The second-order valence-electron chi connectivity index (χ2n) is 5.55. The largest absolute Gasteiger partial charge is 0.478 e. The van der Waals surface area contributed by atoms with Gasteiger partial charge in [0.25, 0.3) is 0 Å². The summed E-state index contributed by atoms with van der Waals surface area (Å²) in [5.74, 6) is 0.154. The molecule has 1 atom stereocenters. The number of carbonyl (C=O) groups is 1. The third kappa shape index (κ3) is 2.70. The number of benzene rings is 1. The minimum absolute atomic E-state index is 0.299. The van der Waals surface area contributed by atoms with E-state index in [1.54, 1.807) is 18.2 Å². The van der Waals surface area contributed by atoms with E-state index in [0.717, 1.165) is 18.4 Å². The smallest absolute Gasteiger partial charge is 0.347 e. The van der Waals surface area contributed by atoms with Gasteiger partial charge in [0.05, 0.1) is 12.0 Å². The van der Waals surface area contributed by atoms with E-state index in [-0.39, 0.29) is 0 Å². The van der Waals surface area contributed by atoms with Crippen LogP contribution in [0.1, 0.15) is 24.8 Å². The molecule has 0 radical (unpaired) electrons. The van der Waals surface area contributed by atoms with Crippen molar-refractivity contribution in [3.63, 3.8) is 0 Å². The van der Waals surface area contributed by atoms with Crippen LogP contribution in [0.4, 0.5) is 0 Å². The molecular formula is C15H19NO5S. The van der Waals surface area contributed by atoms with E-state index in [2.05, 4.69) is 4.74 Å². The molecule has 1 fully saturated rings. The zero-order chi connectivity index (χ0) is 15.7. The maximum atomic E-state index is 12.6. The average Bonchev–Trinajstić information content (AvgIpc) is 3.08. The highest BCUT2D eigenvalue weighted by atomic mass is 32.2. The van der Waals surface area contributed by atoms with Gasteiger partial charge in [0.15, 0.2) is 6.10 Å². The van der Waals surface area contributed by atoms with Gasteiger partial charge in [0, 0.05) is 13.1 Å². The number of aryl methyl sites for hydroxylation is 1. The van der Waals surface area contributed by atoms with Crippen LogP contribution in [0.25, 0.3) is 0 Å². The standard InChI is InChI=1S/C15H19NO5S/c1-20-15(17)14-6-4-11-10-12(5-7-13(11)21-14)22(18,19)16-8-2-3-9-16/h5,7,10,14H,2-4,6,8-9H2,1H3/t14-/m1/s1. The first kappa shape index (κ1) is 15.3. The van der Waals surface area contributed by atoms with Gasteiger partial charge in [-0.15, -0.1) is 0 Å². The normalized spacial score (nSPS) is 22.0. The number of fused-ring (bicyclic) bond motifs is 1. The van der Waals surface area contributed by atoms with E-state index in [4.69, 9.17) is 4.74 Å². The molecule has 0 spiro atoms. The number of methoxy groups -OCH3 is 1. The Labute approximate surface area is 130 Å². The molecule has 0 saturated carbocycles. The second kappa shape index (κ2) is 5.89. The highest BCUT2D eigenvalue weighted by molar-refractivity contribution is 7.89. The van der Waals surface area contributed by atoms with Gasteiger partial charge in [0.1, 0.15) is 5.75 Å². The van der Waals surface area contributed by atoms with E-state index < -0.39 is 22.1 Å². The summed E-state index contributed by atoms with van der Waals surface area (Å²) in [6, 6.07) is 4.84. The lowest BCUT2D eigenvalue weighted by Crippen LogP contribution is -2.32. The Morgan fingerprint density at radius 3 is 2.73 bits per heavy atom. The van der Waals surface area contributed by atoms with E-state index in [1.807, 2.05) is 0 Å². The van der Waals surface area contributed by atoms with Gasteiger partial charge in [-0.25, -0.2) is 13.2 Å². The van der Waals surface area contributed by atoms with E-state index in [0.29, 0.717) is 36.6 Å². The molecule has 7 heteroatoms. The summed E-state index contributed by atoms with van der Waals surface area (Å²) in [5.41, 5.74) is 0.820. The van der Waals surface area contributed by atoms with E-state index in [9.17, 15) is 13.2 Å². The molecule has 0 aliphatic carbocycles. The Bertz CT molecular complexity index is 679. The van der Waals surface area contributed by atoms with Crippen LogP contribution in [-0.2, 0) is 26.0 Å². The quantitative estimate of drug-likeness (QED) is 0.784. The van der Waals surface area contributed by atoms with Crippen LogP contribution >= 0.6 is 0 Å². The number of hydrogen-bond donors (Lipinski definition) is 0. The van der Waals surface area contributed by atoms with Crippen LogP contribution in [0.5, 0.6) is 5.75 Å². The monoisotopic (exact) mass is 325 g/mol. The van der Waals surface area contributed by atoms with Crippen molar-refractivity contribution < 1.29 is 22.7 Å². The highest BCUT2D eigenvalue weighted by Gasteiger charge is 2.30. The summed E-state index contributed by atoms with van der Waals surface area (Å²) in [6.07, 6.45) is 2.30. The molecule has 0 N–H and O–H groups in total. The molecule has 2 aliphatic heterocycles. The van der Waals surface area contributed by atoms with Crippen LogP contribution in [-0.4, -0.2) is 45.0 Å². The Morgan fingerprint density at radius 2 is 2.05 bits per heavy atom. The van der Waals surface area contributed by atoms with Crippen molar-refractivity contribution in [1.82, 2.24) is 4.31 Å². The lowest BCUT2D eigenvalue weighted by molar-refractivity contribution is -0.149. The summed E-state index contributed by atoms with van der Waals surface area (Å²) in [5, 5.41) is 0. The zero-order valence-electron chi connectivity index (χ0n) is 12.4. The Hall–Kier alpha value is -1.60. The number of hydrogen-bond acceptors (Lipinski definition) is 5. The van der Waals surface area contributed by atoms with Crippen LogP contribution in [0.15, 0.2) is 23.1 Å². The topological polar surface area (TPSA) is 72.9 Å². The van der Waals surface area contributed by atoms with E-state index >= 15 is 0 Å². The van der Waals surface area contributed by atoms with Gasteiger partial charge in [-0.3, -0.25) is 0 Å². The maximum Gasteiger partial charge on any atom is 0.347 e. The van der Waals surface area contributed by atoms with Gasteiger partial charge in [0.2, 0.25) is 10.0 Å². The average molecular weight is 325 g/mol. The van der Waals surface area contributed by atoms with Crippen molar-refractivity contribution in [1.29, 1.82) is 0 Å². The van der Waals surface area contributed by atoms with Crippen LogP contribution in [0.2, 0.25) is 0 Å². The summed E-state index contributed by atoms with van der Waals surface area (Å²) >= 11 is 0. The first-order chi connectivity index (χ1) is 10.5. The lowest BCUT2D eigenvalue weighted by Gasteiger charge is -2.25. The predicted molar refractivity (Wildman–Crippen MR) is 79.2 cm³/mol. The summed E-state index contributed by atoms with van der Waals surface area (Å²) < 4.78 is 36.9. The van der Waals surface area contributed by atoms with Gasteiger partial charge in [-0.05, 0) is 49.4 Å². The van der Waals surface area contributed by atoms with Crippen molar-refractivity contribution in [2.24, 2.45) is 0 Å². The first-order valence-corrected chi connectivity index (χ1v) is 8.84. The molecule has 2 aliphatic rings. The third-order valence-electron chi connectivity index (χ3n) is 4.14. The molecule has 0 amide bonds. The van der Waals surface area contributed by atoms with Crippen LogP contribution < -0.4 is 4.74 Å². The second-order valence-corrected chi connectivity index (χ2v) is 7.49. The van der Waals surface area contributed by atoms with E-state index in [1.165, 1.54) is 11.4 Å². The molecule has 120 valence electrons. The lowest BCUT2D eigenvalue weighted by atomic mass is 10.0. The van der Waals surface area contributed by atoms with Gasteiger partial charge in [-0.1, -0.05) is 0 Å². The zero-order valence-corrected chi connectivity index (χ0v) is 13.3. The molecule has 2 heterocycles. The van der Waals surface area contributed by atoms with Crippen molar-refractivity contribution in [3.05, 3.63) is 23.8 Å². The fourth-order valence-electron chi connectivity index (χ4n) is 2.90. The summed E-state index contributed by atoms with van der Waals surface area (Å²) in [4.78, 5) is 11.8. The predicted octanol–water partition coefficient (Wildman–Crippen LogP) is 1.34. The number of ether oxygens (including phenoxy) is 2. The molecule has 0 aromatic heterocycles. The van der Waals surface area contributed by atoms with Crippen molar-refractivity contribution in [2.45, 2.75) is 36.7 Å². The fraction of sp³-hybridized carbons (Fsp3) is 0.533. The minimum atomic E-state index is -3.42. The highest BCUT2D eigenvalue weighted by Crippen LogP contribution is 2.31. The minimum Gasteiger partial charge on any atom is -0.478 e. The Kier molecular flexibility index (Phi) is 4.10. The van der Waals surface area contributed by atoms with Gasteiger partial charge in [-0.2, -0.15) is 4.31 Å². The van der Waals surface area contributed by atoms with Crippen molar-refractivity contribution >= 4 is 16.0 Å². The Morgan fingerprint density at radius 1 is 1.32 bits per heavy atom. The molecule has 22 heavy (non-hydrogen) atoms. The van der Waals surface area contributed by atoms with Gasteiger partial charge < -0.3 is 9.47 Å². The summed E-state index contributed by atoms with van der Waals surface area (Å²) in [7, 11) is -2.09. The number of carbonyl (C=O) groups excluding carboxylic acids is 1. The number of rotatable bonds is 3. The SMILES string of the molecule is COC(=O)[C@H]1CCc2cc(S(=O)(=O)N3CCCC3)ccc2O1. The van der Waals surface area contributed by atoms with Crippen LogP contribution in [0, 0.1) is 0 Å². The number of esters is 1. The van der Waals surface area contributed by atoms with Crippen LogP contribution in [0.3, 0.4) is 0 Å². The molecule has 1 aromatic rings. The van der Waals surface area contributed by atoms with Crippen molar-refractivity contribution in [2.75, 3.05) is 20.2 Å². The summed E-state index contributed by atoms with van der Waals surface area (Å²) in [6.45, 7) is 1.17.